The zero-order valence-corrected chi connectivity index (χ0v) is 13.9. The minimum absolute atomic E-state index is 0.980. The van der Waals surface area contributed by atoms with E-state index in [1.807, 2.05) is 36.5 Å². The topological polar surface area (TPSA) is 17.3 Å². The average molecular weight is 386 g/mol. The molecule has 3 rings (SSSR count). The largest absolute Gasteiger partial charge is 0.316 e. The van der Waals surface area contributed by atoms with E-state index in [0.717, 1.165) is 17.1 Å². The average Bonchev–Trinajstić information content (AvgIpc) is 2.98. The van der Waals surface area contributed by atoms with E-state index >= 15 is 0 Å². The summed E-state index contributed by atoms with van der Waals surface area (Å²) in [6.45, 7) is 2.10. The maximum atomic E-state index is 4.59. The Morgan fingerprint density at radius 1 is 1.00 bits per heavy atom. The second-order valence-corrected chi connectivity index (χ2v) is 5.99. The molecule has 0 bridgehead atoms. The van der Waals surface area contributed by atoms with Crippen LogP contribution >= 0.6 is 22.6 Å². The maximum absolute atomic E-state index is 4.59. The van der Waals surface area contributed by atoms with Crippen molar-refractivity contribution in [3.8, 4) is 5.69 Å². The Hall–Kier alpha value is -1.88. The molecule has 0 aliphatic heterocycles. The van der Waals surface area contributed by atoms with E-state index in [0.29, 0.717) is 0 Å². The van der Waals surface area contributed by atoms with Gasteiger partial charge in [0.05, 0.1) is 17.6 Å². The van der Waals surface area contributed by atoms with Gasteiger partial charge in [0, 0.05) is 15.5 Å². The van der Waals surface area contributed by atoms with Crippen LogP contribution in [0.1, 0.15) is 11.3 Å². The second kappa shape index (κ2) is 6.26. The molecule has 0 fully saturated rings. The minimum Gasteiger partial charge on any atom is -0.316 e. The van der Waals surface area contributed by atoms with Gasteiger partial charge in [0.25, 0.3) is 0 Å². The van der Waals surface area contributed by atoms with E-state index in [1.165, 1.54) is 9.13 Å². The quantitative estimate of drug-likeness (QED) is 0.438. The Kier molecular flexibility index (Phi) is 4.20. The lowest BCUT2D eigenvalue weighted by Crippen LogP contribution is -1.97. The fourth-order valence-electron chi connectivity index (χ4n) is 2.17. The fourth-order valence-corrected chi connectivity index (χ4v) is 2.51. The molecular weight excluding hydrogens is 371 g/mol. The molecule has 3 heteroatoms. The summed E-state index contributed by atoms with van der Waals surface area (Å²) in [5, 5.41) is 0. The summed E-state index contributed by atoms with van der Waals surface area (Å²) < 4.78 is 3.39. The van der Waals surface area contributed by atoms with Crippen LogP contribution < -0.4 is 0 Å². The van der Waals surface area contributed by atoms with Gasteiger partial charge in [0.15, 0.2) is 0 Å². The Bertz CT molecular complexity index is 773. The normalized spacial score (nSPS) is 11.1. The van der Waals surface area contributed by atoms with Gasteiger partial charge in [0.1, 0.15) is 0 Å². The van der Waals surface area contributed by atoms with Crippen LogP contribution in [0.15, 0.2) is 71.9 Å². The predicted molar refractivity (Wildman–Crippen MR) is 96.9 cm³/mol. The number of rotatable bonds is 3. The summed E-state index contributed by atoms with van der Waals surface area (Å²) in [6.07, 6.45) is 3.96. The lowest BCUT2D eigenvalue weighted by Gasteiger charge is -2.05. The van der Waals surface area contributed by atoms with Crippen LogP contribution in [0.2, 0.25) is 0 Å². The molecule has 1 heterocycles. The van der Waals surface area contributed by atoms with Gasteiger partial charge in [-0.25, -0.2) is 0 Å². The number of nitrogens with zero attached hydrogens (tertiary/aromatic N) is 2. The van der Waals surface area contributed by atoms with E-state index in [1.54, 1.807) is 0 Å². The van der Waals surface area contributed by atoms with Crippen molar-refractivity contribution in [3.05, 3.63) is 81.7 Å². The maximum Gasteiger partial charge on any atom is 0.0639 e. The molecule has 2 nitrogen and oxygen atoms in total. The van der Waals surface area contributed by atoms with Crippen molar-refractivity contribution in [1.29, 1.82) is 0 Å². The fraction of sp³-hybridized carbons (Fsp3) is 0.0556. The number of benzene rings is 2. The van der Waals surface area contributed by atoms with Crippen LogP contribution in [-0.4, -0.2) is 10.8 Å². The number of hydrogen-bond donors (Lipinski definition) is 0. The van der Waals surface area contributed by atoms with Gasteiger partial charge >= 0.3 is 0 Å². The molecule has 3 aromatic rings. The van der Waals surface area contributed by atoms with Crippen molar-refractivity contribution in [1.82, 2.24) is 4.57 Å². The first-order valence-electron chi connectivity index (χ1n) is 6.77. The molecule has 0 unspecified atom stereocenters. The molecule has 0 radical (unpaired) electrons. The zero-order chi connectivity index (χ0) is 14.7. The van der Waals surface area contributed by atoms with Gasteiger partial charge in [-0.15, -0.1) is 0 Å². The lowest BCUT2D eigenvalue weighted by atomic mass is 10.2. The van der Waals surface area contributed by atoms with E-state index in [2.05, 4.69) is 75.6 Å². The first-order valence-corrected chi connectivity index (χ1v) is 7.85. The van der Waals surface area contributed by atoms with Gasteiger partial charge in [-0.1, -0.05) is 18.2 Å². The van der Waals surface area contributed by atoms with Gasteiger partial charge in [-0.3, -0.25) is 4.99 Å². The Balaban J connectivity index is 1.90. The molecular formula is C18H15IN2. The molecule has 2 aromatic carbocycles. The first kappa shape index (κ1) is 14.1. The van der Waals surface area contributed by atoms with Crippen LogP contribution in [0.25, 0.3) is 5.69 Å². The van der Waals surface area contributed by atoms with Crippen molar-refractivity contribution in [2.45, 2.75) is 6.92 Å². The highest BCUT2D eigenvalue weighted by atomic mass is 127. The minimum atomic E-state index is 0.980. The SMILES string of the molecule is Cc1cc(N=Cc2cccn2-c2ccccc2)ccc1I. The molecule has 1 aromatic heterocycles. The van der Waals surface area contributed by atoms with Gasteiger partial charge in [-0.2, -0.15) is 0 Å². The van der Waals surface area contributed by atoms with Gasteiger partial charge in [-0.05, 0) is 77.5 Å². The van der Waals surface area contributed by atoms with E-state index in [9.17, 15) is 0 Å². The number of hydrogen-bond acceptors (Lipinski definition) is 1. The van der Waals surface area contributed by atoms with Crippen molar-refractivity contribution in [3.63, 3.8) is 0 Å². The Labute approximate surface area is 138 Å². The van der Waals surface area contributed by atoms with Crippen LogP contribution in [0.5, 0.6) is 0 Å². The third-order valence-corrected chi connectivity index (χ3v) is 4.51. The highest BCUT2D eigenvalue weighted by Crippen LogP contribution is 2.19. The summed E-state index contributed by atoms with van der Waals surface area (Å²) >= 11 is 2.34. The van der Waals surface area contributed by atoms with Crippen molar-refractivity contribution < 1.29 is 0 Å². The summed E-state index contributed by atoms with van der Waals surface area (Å²) in [6, 6.07) is 20.6. The highest BCUT2D eigenvalue weighted by Gasteiger charge is 2.00. The molecule has 0 amide bonds. The van der Waals surface area contributed by atoms with E-state index in [4.69, 9.17) is 0 Å². The zero-order valence-electron chi connectivity index (χ0n) is 11.7. The number of halogens is 1. The molecule has 0 atom stereocenters. The predicted octanol–water partition coefficient (Wildman–Crippen LogP) is 5.14. The molecule has 0 aliphatic rings. The van der Waals surface area contributed by atoms with Gasteiger partial charge in [0.2, 0.25) is 0 Å². The molecule has 0 saturated carbocycles. The lowest BCUT2D eigenvalue weighted by molar-refractivity contribution is 1.07. The van der Waals surface area contributed by atoms with Crippen LogP contribution in [-0.2, 0) is 0 Å². The van der Waals surface area contributed by atoms with Crippen LogP contribution in [0, 0.1) is 10.5 Å². The van der Waals surface area contributed by atoms with Crippen molar-refractivity contribution >= 4 is 34.5 Å². The standard InChI is InChI=1S/C18H15IN2/c1-14-12-15(9-10-18(14)19)20-13-17-8-5-11-21(17)16-6-3-2-4-7-16/h2-13H,1H3. The van der Waals surface area contributed by atoms with Crippen molar-refractivity contribution in [2.24, 2.45) is 4.99 Å². The Morgan fingerprint density at radius 3 is 2.57 bits per heavy atom. The molecule has 0 N–H and O–H groups in total. The van der Waals surface area contributed by atoms with Crippen molar-refractivity contribution in [2.75, 3.05) is 0 Å². The summed E-state index contributed by atoms with van der Waals surface area (Å²) in [7, 11) is 0. The smallest absolute Gasteiger partial charge is 0.0639 e. The number of aromatic nitrogens is 1. The van der Waals surface area contributed by atoms with Crippen LogP contribution in [0.4, 0.5) is 5.69 Å². The number of para-hydroxylation sites is 1. The van der Waals surface area contributed by atoms with E-state index < -0.39 is 0 Å². The first-order chi connectivity index (χ1) is 10.2. The summed E-state index contributed by atoms with van der Waals surface area (Å²) in [5.41, 5.74) is 4.44. The molecule has 0 spiro atoms. The Morgan fingerprint density at radius 2 is 1.81 bits per heavy atom. The molecule has 0 saturated heterocycles. The summed E-state index contributed by atoms with van der Waals surface area (Å²) in [4.78, 5) is 4.59. The monoisotopic (exact) mass is 386 g/mol. The van der Waals surface area contributed by atoms with Crippen LogP contribution in [0.3, 0.4) is 0 Å². The summed E-state index contributed by atoms with van der Waals surface area (Å²) in [5.74, 6) is 0. The molecule has 104 valence electrons. The second-order valence-electron chi connectivity index (χ2n) is 4.83. The number of aliphatic imine (C=N–C) groups is 1. The molecule has 21 heavy (non-hydrogen) atoms. The highest BCUT2D eigenvalue weighted by molar-refractivity contribution is 14.1. The number of aryl methyl sites for hydroxylation is 1. The van der Waals surface area contributed by atoms with Gasteiger partial charge < -0.3 is 4.57 Å². The third kappa shape index (κ3) is 3.24. The third-order valence-electron chi connectivity index (χ3n) is 3.30. The molecule has 0 aliphatic carbocycles. The van der Waals surface area contributed by atoms with E-state index in [-0.39, 0.29) is 0 Å².